The van der Waals surface area contributed by atoms with Crippen molar-refractivity contribution in [2.75, 3.05) is 18.0 Å². The van der Waals surface area contributed by atoms with Gasteiger partial charge in [0.2, 0.25) is 0 Å². The standard InChI is InChI=1S/C15H20IN5O2/c1-15(2,3)23-14(22)18-10-6-7-20(9-10)13-5-4-12-17-8-11(16)21(12)19-13/h4-5,8,10H,6-7,9H2,1-3H3,(H,18,22). The van der Waals surface area contributed by atoms with E-state index in [1.54, 1.807) is 6.20 Å². The minimum Gasteiger partial charge on any atom is -0.444 e. The zero-order chi connectivity index (χ0) is 16.6. The number of fused-ring (bicyclic) bond motifs is 1. The highest BCUT2D eigenvalue weighted by Gasteiger charge is 2.27. The van der Waals surface area contributed by atoms with Gasteiger partial charge in [-0.2, -0.15) is 0 Å². The molecule has 1 aliphatic rings. The largest absolute Gasteiger partial charge is 0.444 e. The number of aromatic nitrogens is 3. The van der Waals surface area contributed by atoms with Crippen molar-refractivity contribution in [1.82, 2.24) is 19.9 Å². The number of hydrogen-bond donors (Lipinski definition) is 1. The van der Waals surface area contributed by atoms with Crippen LogP contribution >= 0.6 is 22.6 Å². The summed E-state index contributed by atoms with van der Waals surface area (Å²) in [7, 11) is 0. The van der Waals surface area contributed by atoms with Gasteiger partial charge < -0.3 is 15.0 Å². The van der Waals surface area contributed by atoms with Crippen molar-refractivity contribution in [1.29, 1.82) is 0 Å². The van der Waals surface area contributed by atoms with Gasteiger partial charge in [0.25, 0.3) is 0 Å². The number of carbonyl (C=O) groups excluding carboxylic acids is 1. The maximum atomic E-state index is 11.9. The fourth-order valence-corrected chi connectivity index (χ4v) is 3.06. The van der Waals surface area contributed by atoms with Crippen LogP contribution < -0.4 is 10.2 Å². The molecule has 23 heavy (non-hydrogen) atoms. The smallest absolute Gasteiger partial charge is 0.407 e. The van der Waals surface area contributed by atoms with Gasteiger partial charge in [-0.25, -0.2) is 14.3 Å². The van der Waals surface area contributed by atoms with E-state index < -0.39 is 5.60 Å². The van der Waals surface area contributed by atoms with Gasteiger partial charge in [0.05, 0.1) is 12.2 Å². The third-order valence-electron chi connectivity index (χ3n) is 3.54. The molecule has 0 saturated carbocycles. The summed E-state index contributed by atoms with van der Waals surface area (Å²) in [5.74, 6) is 0.891. The normalized spacial score (nSPS) is 18.4. The van der Waals surface area contributed by atoms with Crippen LogP contribution in [0.3, 0.4) is 0 Å². The third kappa shape index (κ3) is 3.85. The van der Waals surface area contributed by atoms with Crippen molar-refractivity contribution in [2.24, 2.45) is 0 Å². The van der Waals surface area contributed by atoms with Crippen molar-refractivity contribution in [3.05, 3.63) is 22.0 Å². The third-order valence-corrected chi connectivity index (χ3v) is 4.28. The molecule has 0 radical (unpaired) electrons. The number of ether oxygens (including phenoxy) is 1. The van der Waals surface area contributed by atoms with Crippen molar-refractivity contribution >= 4 is 40.1 Å². The first-order valence-corrected chi connectivity index (χ1v) is 8.64. The number of alkyl carbamates (subject to hydrolysis) is 1. The highest BCUT2D eigenvalue weighted by Crippen LogP contribution is 2.20. The molecule has 1 saturated heterocycles. The van der Waals surface area contributed by atoms with Gasteiger partial charge in [0.1, 0.15) is 15.1 Å². The molecule has 3 heterocycles. The molecule has 1 amide bonds. The fourth-order valence-electron chi connectivity index (χ4n) is 2.56. The second kappa shape index (κ2) is 6.14. The molecule has 0 spiro atoms. The Balaban J connectivity index is 1.64. The van der Waals surface area contributed by atoms with Gasteiger partial charge in [-0.15, -0.1) is 5.10 Å². The zero-order valence-electron chi connectivity index (χ0n) is 13.4. The van der Waals surface area contributed by atoms with E-state index >= 15 is 0 Å². The Morgan fingerprint density at radius 3 is 2.96 bits per heavy atom. The summed E-state index contributed by atoms with van der Waals surface area (Å²) in [6.45, 7) is 7.16. The Morgan fingerprint density at radius 2 is 2.22 bits per heavy atom. The first-order valence-electron chi connectivity index (χ1n) is 7.56. The van der Waals surface area contributed by atoms with Crippen LogP contribution in [-0.4, -0.2) is 45.4 Å². The predicted molar refractivity (Wildman–Crippen MR) is 95.7 cm³/mol. The summed E-state index contributed by atoms with van der Waals surface area (Å²) in [5.41, 5.74) is 0.355. The second-order valence-electron chi connectivity index (χ2n) is 6.62. The number of carbonyl (C=O) groups is 1. The van der Waals surface area contributed by atoms with E-state index in [0.29, 0.717) is 0 Å². The quantitative estimate of drug-likeness (QED) is 0.743. The average molecular weight is 429 g/mol. The SMILES string of the molecule is CC(C)(C)OC(=O)NC1CCN(c2ccc3ncc(I)n3n2)C1. The van der Waals surface area contributed by atoms with E-state index in [1.807, 2.05) is 37.4 Å². The monoisotopic (exact) mass is 429 g/mol. The van der Waals surface area contributed by atoms with Crippen LogP contribution in [-0.2, 0) is 4.74 Å². The highest BCUT2D eigenvalue weighted by atomic mass is 127. The van der Waals surface area contributed by atoms with E-state index in [9.17, 15) is 4.79 Å². The van der Waals surface area contributed by atoms with Crippen LogP contribution in [0, 0.1) is 3.70 Å². The van der Waals surface area contributed by atoms with Gasteiger partial charge in [-0.1, -0.05) is 0 Å². The predicted octanol–water partition coefficient (Wildman–Crippen LogP) is 2.44. The topological polar surface area (TPSA) is 71.8 Å². The summed E-state index contributed by atoms with van der Waals surface area (Å²) in [5, 5.41) is 7.55. The van der Waals surface area contributed by atoms with Gasteiger partial charge in [0.15, 0.2) is 5.65 Å². The van der Waals surface area contributed by atoms with E-state index in [1.165, 1.54) is 0 Å². The van der Waals surface area contributed by atoms with Gasteiger partial charge in [-0.05, 0) is 61.9 Å². The minimum absolute atomic E-state index is 0.0733. The molecule has 1 N–H and O–H groups in total. The molecule has 2 aromatic heterocycles. The van der Waals surface area contributed by atoms with Gasteiger partial charge in [0, 0.05) is 13.1 Å². The molecule has 1 fully saturated rings. The Bertz CT molecular complexity index is 724. The minimum atomic E-state index is -0.479. The van der Waals surface area contributed by atoms with Crippen molar-refractivity contribution in [3.63, 3.8) is 0 Å². The molecule has 0 bridgehead atoms. The molecule has 3 rings (SSSR count). The number of rotatable bonds is 2. The highest BCUT2D eigenvalue weighted by molar-refractivity contribution is 14.1. The van der Waals surface area contributed by atoms with Crippen LogP contribution in [0.5, 0.6) is 0 Å². The van der Waals surface area contributed by atoms with E-state index in [2.05, 4.69) is 42.9 Å². The summed E-state index contributed by atoms with van der Waals surface area (Å²) in [4.78, 5) is 18.3. The van der Waals surface area contributed by atoms with Gasteiger partial charge in [-0.3, -0.25) is 0 Å². The maximum absolute atomic E-state index is 11.9. The number of anilines is 1. The zero-order valence-corrected chi connectivity index (χ0v) is 15.6. The fraction of sp³-hybridized carbons (Fsp3) is 0.533. The molecule has 2 aromatic rings. The van der Waals surface area contributed by atoms with Crippen LogP contribution in [0.1, 0.15) is 27.2 Å². The second-order valence-corrected chi connectivity index (χ2v) is 7.73. The number of nitrogens with zero attached hydrogens (tertiary/aromatic N) is 4. The Morgan fingerprint density at radius 1 is 1.43 bits per heavy atom. The summed E-state index contributed by atoms with van der Waals surface area (Å²) >= 11 is 2.21. The number of halogens is 1. The lowest BCUT2D eigenvalue weighted by atomic mass is 10.2. The average Bonchev–Trinajstić information content (AvgIpc) is 3.04. The first-order chi connectivity index (χ1) is 10.8. The van der Waals surface area contributed by atoms with Gasteiger partial charge >= 0.3 is 6.09 Å². The number of nitrogens with one attached hydrogen (secondary N) is 1. The maximum Gasteiger partial charge on any atom is 0.407 e. The molecule has 0 aliphatic carbocycles. The number of hydrogen-bond acceptors (Lipinski definition) is 5. The molecule has 7 nitrogen and oxygen atoms in total. The molecule has 8 heteroatoms. The Labute approximate surface area is 148 Å². The van der Waals surface area contributed by atoms with Crippen molar-refractivity contribution in [3.8, 4) is 0 Å². The van der Waals surface area contributed by atoms with Crippen LogP contribution in [0.2, 0.25) is 0 Å². The van der Waals surface area contributed by atoms with E-state index in [0.717, 1.165) is 34.7 Å². The van der Waals surface area contributed by atoms with Crippen LogP contribution in [0.25, 0.3) is 5.65 Å². The van der Waals surface area contributed by atoms with E-state index in [4.69, 9.17) is 4.74 Å². The molecule has 1 aliphatic heterocycles. The van der Waals surface area contributed by atoms with Crippen LogP contribution in [0.15, 0.2) is 18.3 Å². The number of imidazole rings is 1. The molecule has 0 aromatic carbocycles. The molecule has 124 valence electrons. The van der Waals surface area contributed by atoms with Crippen molar-refractivity contribution < 1.29 is 9.53 Å². The Kier molecular flexibility index (Phi) is 4.35. The molecular weight excluding hydrogens is 409 g/mol. The number of amides is 1. The summed E-state index contributed by atoms with van der Waals surface area (Å²) in [6, 6.07) is 4.00. The lowest BCUT2D eigenvalue weighted by molar-refractivity contribution is 0.0509. The summed E-state index contributed by atoms with van der Waals surface area (Å²) in [6.07, 6.45) is 2.31. The van der Waals surface area contributed by atoms with Crippen molar-refractivity contribution in [2.45, 2.75) is 38.8 Å². The van der Waals surface area contributed by atoms with E-state index in [-0.39, 0.29) is 12.1 Å². The first kappa shape index (κ1) is 16.3. The molecule has 1 unspecified atom stereocenters. The molecular formula is C15H20IN5O2. The van der Waals surface area contributed by atoms with Crippen LogP contribution in [0.4, 0.5) is 10.6 Å². The lowest BCUT2D eigenvalue weighted by Crippen LogP contribution is -2.40. The Hall–Kier alpha value is -1.58. The lowest BCUT2D eigenvalue weighted by Gasteiger charge is -2.22. The summed E-state index contributed by atoms with van der Waals surface area (Å²) < 4.78 is 8.10. The molecule has 1 atom stereocenters.